The van der Waals surface area contributed by atoms with Gasteiger partial charge in [0, 0.05) is 13.6 Å². The van der Waals surface area contributed by atoms with E-state index in [0.29, 0.717) is 5.69 Å². The third kappa shape index (κ3) is 6.31. The fourth-order valence-electron chi connectivity index (χ4n) is 4.03. The second-order valence-electron chi connectivity index (χ2n) is 8.97. The van der Waals surface area contributed by atoms with Gasteiger partial charge in [-0.2, -0.15) is 0 Å². The van der Waals surface area contributed by atoms with E-state index < -0.39 is 28.5 Å². The van der Waals surface area contributed by atoms with Gasteiger partial charge in [0.1, 0.15) is 12.6 Å². The van der Waals surface area contributed by atoms with Gasteiger partial charge in [0.05, 0.1) is 10.6 Å². The Labute approximate surface area is 213 Å². The van der Waals surface area contributed by atoms with E-state index in [1.54, 1.807) is 43.3 Å². The molecule has 0 saturated carbocycles. The van der Waals surface area contributed by atoms with Gasteiger partial charge in [-0.1, -0.05) is 54.1 Å². The summed E-state index contributed by atoms with van der Waals surface area (Å²) in [7, 11) is -2.56. The summed E-state index contributed by atoms with van der Waals surface area (Å²) in [5.41, 5.74) is 3.91. The molecule has 2 amide bonds. The summed E-state index contributed by atoms with van der Waals surface area (Å²) in [6, 6.07) is 20.5. The van der Waals surface area contributed by atoms with Crippen molar-refractivity contribution < 1.29 is 18.0 Å². The molecule has 7 nitrogen and oxygen atoms in total. The van der Waals surface area contributed by atoms with Crippen LogP contribution in [-0.4, -0.2) is 44.8 Å². The maximum atomic E-state index is 13.8. The summed E-state index contributed by atoms with van der Waals surface area (Å²) in [6.45, 7) is 6.99. The third-order valence-corrected chi connectivity index (χ3v) is 7.78. The van der Waals surface area contributed by atoms with Crippen LogP contribution in [0.5, 0.6) is 0 Å². The lowest BCUT2D eigenvalue weighted by Crippen LogP contribution is -2.50. The minimum Gasteiger partial charge on any atom is -0.357 e. The van der Waals surface area contributed by atoms with Crippen molar-refractivity contribution >= 4 is 27.5 Å². The number of nitrogens with zero attached hydrogens (tertiary/aromatic N) is 2. The van der Waals surface area contributed by atoms with E-state index in [1.807, 2.05) is 57.2 Å². The number of benzene rings is 3. The van der Waals surface area contributed by atoms with Crippen molar-refractivity contribution in [2.75, 3.05) is 17.9 Å². The molecule has 0 fully saturated rings. The molecule has 0 aliphatic heterocycles. The van der Waals surface area contributed by atoms with Crippen LogP contribution in [0.3, 0.4) is 0 Å². The Morgan fingerprint density at radius 1 is 0.861 bits per heavy atom. The number of nitrogens with one attached hydrogen (secondary N) is 1. The molecule has 0 bridgehead atoms. The standard InChI is InChI=1S/C28H33N3O4S/c1-20-11-13-26(14-12-20)36(34,35)31(25-16-21(2)15-22(3)17-25)19-27(32)30(23(4)28(33)29-5)18-24-9-7-6-8-10-24/h6-17,23H,18-19H2,1-5H3,(H,29,33)/t23-/m1/s1. The molecule has 3 aromatic carbocycles. The summed E-state index contributed by atoms with van der Waals surface area (Å²) >= 11 is 0. The molecule has 1 N–H and O–H groups in total. The molecule has 0 aliphatic carbocycles. The molecule has 0 heterocycles. The smallest absolute Gasteiger partial charge is 0.264 e. The van der Waals surface area contributed by atoms with Gasteiger partial charge in [-0.3, -0.25) is 13.9 Å². The molecule has 190 valence electrons. The number of carbonyl (C=O) groups excluding carboxylic acids is 2. The van der Waals surface area contributed by atoms with E-state index in [2.05, 4.69) is 5.32 Å². The van der Waals surface area contributed by atoms with E-state index in [0.717, 1.165) is 26.6 Å². The first kappa shape index (κ1) is 26.9. The number of aryl methyl sites for hydroxylation is 3. The molecule has 0 aliphatic rings. The summed E-state index contributed by atoms with van der Waals surface area (Å²) < 4.78 is 28.8. The number of hydrogen-bond acceptors (Lipinski definition) is 4. The molecular weight excluding hydrogens is 474 g/mol. The number of hydrogen-bond donors (Lipinski definition) is 1. The Kier molecular flexibility index (Phi) is 8.53. The second kappa shape index (κ2) is 11.4. The average Bonchev–Trinajstić information content (AvgIpc) is 2.85. The van der Waals surface area contributed by atoms with Crippen molar-refractivity contribution in [2.45, 2.75) is 45.2 Å². The highest BCUT2D eigenvalue weighted by Crippen LogP contribution is 2.27. The van der Waals surface area contributed by atoms with E-state index in [1.165, 1.54) is 11.9 Å². The predicted octanol–water partition coefficient (Wildman–Crippen LogP) is 3.97. The van der Waals surface area contributed by atoms with Crippen LogP contribution < -0.4 is 9.62 Å². The Bertz CT molecular complexity index is 1300. The molecule has 1 atom stereocenters. The van der Waals surface area contributed by atoms with Gasteiger partial charge in [-0.15, -0.1) is 0 Å². The summed E-state index contributed by atoms with van der Waals surface area (Å²) in [6.07, 6.45) is 0. The Morgan fingerprint density at radius 2 is 1.44 bits per heavy atom. The molecule has 0 spiro atoms. The number of anilines is 1. The zero-order valence-electron chi connectivity index (χ0n) is 21.4. The number of carbonyl (C=O) groups is 2. The molecule has 36 heavy (non-hydrogen) atoms. The van der Waals surface area contributed by atoms with Crippen molar-refractivity contribution in [1.29, 1.82) is 0 Å². The van der Waals surface area contributed by atoms with Gasteiger partial charge in [-0.05, 0) is 68.7 Å². The average molecular weight is 508 g/mol. The second-order valence-corrected chi connectivity index (χ2v) is 10.8. The highest BCUT2D eigenvalue weighted by Gasteiger charge is 2.32. The molecule has 3 rings (SSSR count). The number of amides is 2. The lowest BCUT2D eigenvalue weighted by molar-refractivity contribution is -0.139. The summed E-state index contributed by atoms with van der Waals surface area (Å²) in [4.78, 5) is 27.7. The van der Waals surface area contributed by atoms with Crippen LogP contribution in [0.15, 0.2) is 77.7 Å². The minimum absolute atomic E-state index is 0.0917. The Morgan fingerprint density at radius 3 is 2.00 bits per heavy atom. The largest absolute Gasteiger partial charge is 0.357 e. The number of likely N-dealkylation sites (N-methyl/N-ethyl adjacent to an activating group) is 1. The lowest BCUT2D eigenvalue weighted by Gasteiger charge is -2.32. The van der Waals surface area contributed by atoms with Crippen molar-refractivity contribution in [3.8, 4) is 0 Å². The molecule has 0 saturated heterocycles. The quantitative estimate of drug-likeness (QED) is 0.475. The van der Waals surface area contributed by atoms with Crippen molar-refractivity contribution in [3.63, 3.8) is 0 Å². The molecule has 0 radical (unpaired) electrons. The maximum absolute atomic E-state index is 13.8. The molecule has 8 heteroatoms. The van der Waals surface area contributed by atoms with Crippen LogP contribution in [0.25, 0.3) is 0 Å². The van der Waals surface area contributed by atoms with Crippen molar-refractivity contribution in [3.05, 3.63) is 95.1 Å². The van der Waals surface area contributed by atoms with E-state index in [4.69, 9.17) is 0 Å². The third-order valence-electron chi connectivity index (χ3n) is 5.99. The van der Waals surface area contributed by atoms with Gasteiger partial charge < -0.3 is 10.2 Å². The van der Waals surface area contributed by atoms with Crippen LogP contribution in [0, 0.1) is 20.8 Å². The Hall–Kier alpha value is -3.65. The zero-order chi connectivity index (χ0) is 26.5. The zero-order valence-corrected chi connectivity index (χ0v) is 22.2. The Balaban J connectivity index is 2.06. The first-order valence-electron chi connectivity index (χ1n) is 11.8. The van der Waals surface area contributed by atoms with Gasteiger partial charge in [0.2, 0.25) is 11.8 Å². The summed E-state index contributed by atoms with van der Waals surface area (Å²) in [5.74, 6) is -0.816. The van der Waals surface area contributed by atoms with E-state index >= 15 is 0 Å². The monoisotopic (exact) mass is 507 g/mol. The number of rotatable bonds is 9. The van der Waals surface area contributed by atoms with Crippen LogP contribution in [0.4, 0.5) is 5.69 Å². The fourth-order valence-corrected chi connectivity index (χ4v) is 5.43. The molecule has 3 aromatic rings. The first-order chi connectivity index (χ1) is 17.0. The fraction of sp³-hybridized carbons (Fsp3) is 0.286. The van der Waals surface area contributed by atoms with Crippen LogP contribution in [0.1, 0.15) is 29.2 Å². The first-order valence-corrected chi connectivity index (χ1v) is 13.2. The normalized spacial score (nSPS) is 12.0. The number of sulfonamides is 1. The van der Waals surface area contributed by atoms with Crippen LogP contribution in [-0.2, 0) is 26.2 Å². The molecule has 0 aromatic heterocycles. The SMILES string of the molecule is CNC(=O)[C@@H](C)N(Cc1ccccc1)C(=O)CN(c1cc(C)cc(C)c1)S(=O)(=O)c1ccc(C)cc1. The van der Waals surface area contributed by atoms with Crippen molar-refractivity contribution in [1.82, 2.24) is 10.2 Å². The van der Waals surface area contributed by atoms with Gasteiger partial charge >= 0.3 is 0 Å². The van der Waals surface area contributed by atoms with Crippen LogP contribution in [0.2, 0.25) is 0 Å². The maximum Gasteiger partial charge on any atom is 0.264 e. The van der Waals surface area contributed by atoms with Crippen molar-refractivity contribution in [2.24, 2.45) is 0 Å². The minimum atomic E-state index is -4.07. The van der Waals surface area contributed by atoms with Crippen LogP contribution >= 0.6 is 0 Å². The highest BCUT2D eigenvalue weighted by molar-refractivity contribution is 7.92. The predicted molar refractivity (Wildman–Crippen MR) is 142 cm³/mol. The van der Waals surface area contributed by atoms with Gasteiger partial charge in [0.25, 0.3) is 10.0 Å². The van der Waals surface area contributed by atoms with E-state index in [-0.39, 0.29) is 17.3 Å². The molecular formula is C28H33N3O4S. The van der Waals surface area contributed by atoms with E-state index in [9.17, 15) is 18.0 Å². The highest BCUT2D eigenvalue weighted by atomic mass is 32.2. The molecule has 0 unspecified atom stereocenters. The van der Waals surface area contributed by atoms with Gasteiger partial charge in [0.15, 0.2) is 0 Å². The topological polar surface area (TPSA) is 86.8 Å². The van der Waals surface area contributed by atoms with Gasteiger partial charge in [-0.25, -0.2) is 8.42 Å². The summed E-state index contributed by atoms with van der Waals surface area (Å²) in [5, 5.41) is 2.58. The lowest BCUT2D eigenvalue weighted by atomic mass is 10.1.